The van der Waals surface area contributed by atoms with Crippen molar-refractivity contribution in [2.24, 2.45) is 5.22 Å². The van der Waals surface area contributed by atoms with Gasteiger partial charge in [0.1, 0.15) is 5.82 Å². The number of rotatable bonds is 8. The van der Waals surface area contributed by atoms with E-state index in [2.05, 4.69) is 11.8 Å². The lowest BCUT2D eigenvalue weighted by atomic mass is 9.97. The van der Waals surface area contributed by atoms with E-state index in [9.17, 15) is 9.18 Å². The monoisotopic (exact) mass is 319 g/mol. The summed E-state index contributed by atoms with van der Waals surface area (Å²) in [5.74, 6) is -0.936. The molecule has 1 N–H and O–H groups in total. The Morgan fingerprint density at radius 3 is 2.48 bits per heavy atom. The van der Waals surface area contributed by atoms with E-state index in [0.29, 0.717) is 23.4 Å². The summed E-state index contributed by atoms with van der Waals surface area (Å²) in [5.41, 5.74) is 9.03. The molecule has 0 aromatic heterocycles. The minimum atomic E-state index is -0.568. The average molecular weight is 319 g/mol. The Kier molecular flexibility index (Phi) is 7.12. The fourth-order valence-electron chi connectivity index (χ4n) is 2.12. The molecule has 0 atom stereocenters. The molecule has 0 heterocycles. The number of halogens is 1. The second kappa shape index (κ2) is 8.82. The van der Waals surface area contributed by atoms with E-state index in [0.717, 1.165) is 12.8 Å². The highest BCUT2D eigenvalue weighted by Crippen LogP contribution is 2.27. The molecule has 23 heavy (non-hydrogen) atoms. The quantitative estimate of drug-likeness (QED) is 0.255. The van der Waals surface area contributed by atoms with E-state index in [-0.39, 0.29) is 11.4 Å². The summed E-state index contributed by atoms with van der Waals surface area (Å²) in [5, 5.41) is 4.90. The topological polar surface area (TPSA) is 65.8 Å². The lowest BCUT2D eigenvalue weighted by Crippen LogP contribution is -2.21. The third-order valence-electron chi connectivity index (χ3n) is 3.48. The van der Waals surface area contributed by atoms with Crippen molar-refractivity contribution in [2.45, 2.75) is 26.7 Å². The number of nitrogens with one attached hydrogen (secondary N) is 1. The minimum absolute atomic E-state index is 0.228. The molecular weight excluding hydrogens is 297 g/mol. The molecular formula is C17H22FN3O2. The number of ether oxygens (including phenoxy) is 1. The predicted octanol–water partition coefficient (Wildman–Crippen LogP) is 4.33. The van der Waals surface area contributed by atoms with Gasteiger partial charge in [-0.3, -0.25) is 5.01 Å². The zero-order valence-electron chi connectivity index (χ0n) is 13.7. The van der Waals surface area contributed by atoms with Crippen LogP contribution >= 0.6 is 0 Å². The number of carbonyl (C=O) groups excluding carboxylic acids is 1. The summed E-state index contributed by atoms with van der Waals surface area (Å²) < 4.78 is 17.9. The maximum Gasteiger partial charge on any atom is 0.340 e. The highest BCUT2D eigenvalue weighted by Gasteiger charge is 2.21. The molecule has 1 rings (SSSR count). The van der Waals surface area contributed by atoms with Crippen LogP contribution in [0.5, 0.6) is 0 Å². The van der Waals surface area contributed by atoms with Crippen molar-refractivity contribution in [1.29, 1.82) is 5.53 Å². The number of nitrogens with zero attached hydrogens (tertiary/aromatic N) is 2. The Morgan fingerprint density at radius 1 is 1.39 bits per heavy atom. The molecule has 1 aromatic carbocycles. The van der Waals surface area contributed by atoms with E-state index in [1.807, 2.05) is 6.92 Å². The van der Waals surface area contributed by atoms with Gasteiger partial charge >= 0.3 is 5.97 Å². The third-order valence-corrected chi connectivity index (χ3v) is 3.48. The molecule has 0 bridgehead atoms. The van der Waals surface area contributed by atoms with E-state index >= 15 is 0 Å². The average Bonchev–Trinajstić information content (AvgIpc) is 2.56. The van der Waals surface area contributed by atoms with Crippen LogP contribution < -0.4 is 0 Å². The van der Waals surface area contributed by atoms with Crippen LogP contribution in [0.1, 0.15) is 32.3 Å². The molecule has 124 valence electrons. The molecule has 0 saturated carbocycles. The highest BCUT2D eigenvalue weighted by molar-refractivity contribution is 6.06. The predicted molar refractivity (Wildman–Crippen MR) is 86.9 cm³/mol. The Balaban J connectivity index is 3.28. The van der Waals surface area contributed by atoms with Crippen molar-refractivity contribution in [3.05, 3.63) is 53.5 Å². The van der Waals surface area contributed by atoms with Crippen molar-refractivity contribution in [3.8, 4) is 0 Å². The lowest BCUT2D eigenvalue weighted by molar-refractivity contribution is -0.135. The van der Waals surface area contributed by atoms with E-state index in [1.54, 1.807) is 19.1 Å². The van der Waals surface area contributed by atoms with Gasteiger partial charge in [0.15, 0.2) is 0 Å². The zero-order chi connectivity index (χ0) is 17.4. The molecule has 5 nitrogen and oxygen atoms in total. The van der Waals surface area contributed by atoms with Crippen molar-refractivity contribution < 1.29 is 13.9 Å². The SMILES string of the molecule is C=C(/C(C(=O)OC)=C(/C)N(CCCC)N=N)c1ccc(F)cc1. The summed E-state index contributed by atoms with van der Waals surface area (Å²) in [6.45, 7) is 8.16. The first kappa shape index (κ1) is 18.5. The van der Waals surface area contributed by atoms with Gasteiger partial charge in [-0.2, -0.15) is 5.53 Å². The molecule has 6 heteroatoms. The first-order valence-electron chi connectivity index (χ1n) is 7.35. The molecule has 0 unspecified atom stereocenters. The smallest absolute Gasteiger partial charge is 0.340 e. The van der Waals surface area contributed by atoms with Crippen molar-refractivity contribution in [3.63, 3.8) is 0 Å². The number of benzene rings is 1. The lowest BCUT2D eigenvalue weighted by Gasteiger charge is -2.21. The van der Waals surface area contributed by atoms with Crippen molar-refractivity contribution in [2.75, 3.05) is 13.7 Å². The molecule has 0 aliphatic heterocycles. The number of esters is 1. The van der Waals surface area contributed by atoms with Gasteiger partial charge in [-0.05, 0) is 36.6 Å². The number of unbranched alkanes of at least 4 members (excludes halogenated alkanes) is 1. The second-order valence-electron chi connectivity index (χ2n) is 5.01. The Morgan fingerprint density at radius 2 is 2.00 bits per heavy atom. The summed E-state index contributed by atoms with van der Waals surface area (Å²) in [7, 11) is 1.28. The van der Waals surface area contributed by atoms with Crippen LogP contribution in [0.15, 0.2) is 47.3 Å². The van der Waals surface area contributed by atoms with Gasteiger partial charge in [0.05, 0.1) is 18.4 Å². The van der Waals surface area contributed by atoms with Crippen LogP contribution in [0, 0.1) is 11.3 Å². The standard InChI is InChI=1S/C17H22FN3O2/c1-5-6-11-21(20-19)13(3)16(17(22)23-4)12(2)14-7-9-15(18)10-8-14/h7-10,19H,2,5-6,11H2,1,3-4H3/b16-13+,20-19?. The fourth-order valence-corrected chi connectivity index (χ4v) is 2.12. The summed E-state index contributed by atoms with van der Waals surface area (Å²) in [4.78, 5) is 12.2. The van der Waals surface area contributed by atoms with Crippen LogP contribution in [0.25, 0.3) is 5.57 Å². The molecule has 0 radical (unpaired) electrons. The van der Waals surface area contributed by atoms with Gasteiger partial charge in [0.25, 0.3) is 0 Å². The number of allylic oxidation sites excluding steroid dienone is 1. The molecule has 0 spiro atoms. The van der Waals surface area contributed by atoms with Crippen LogP contribution in [0.2, 0.25) is 0 Å². The van der Waals surface area contributed by atoms with Gasteiger partial charge in [-0.25, -0.2) is 9.18 Å². The summed E-state index contributed by atoms with van der Waals surface area (Å²) in [6.07, 6.45) is 1.77. The Hall–Kier alpha value is -2.50. The van der Waals surface area contributed by atoms with Crippen molar-refractivity contribution in [1.82, 2.24) is 5.01 Å². The van der Waals surface area contributed by atoms with Gasteiger partial charge in [0.2, 0.25) is 0 Å². The number of hydrogen-bond acceptors (Lipinski definition) is 4. The number of methoxy groups -OCH3 is 1. The van der Waals surface area contributed by atoms with Crippen molar-refractivity contribution >= 4 is 11.5 Å². The molecule has 0 aliphatic rings. The minimum Gasteiger partial charge on any atom is -0.465 e. The van der Waals surface area contributed by atoms with E-state index < -0.39 is 5.97 Å². The van der Waals surface area contributed by atoms with Crippen LogP contribution in [-0.2, 0) is 9.53 Å². The molecule has 0 fully saturated rings. The first-order chi connectivity index (χ1) is 11.0. The van der Waals surface area contributed by atoms with Gasteiger partial charge < -0.3 is 4.74 Å². The summed E-state index contributed by atoms with van der Waals surface area (Å²) in [6, 6.07) is 5.69. The normalized spacial score (nSPS) is 11.5. The van der Waals surface area contributed by atoms with Crippen LogP contribution in [0.3, 0.4) is 0 Å². The van der Waals surface area contributed by atoms with Crippen LogP contribution in [0.4, 0.5) is 4.39 Å². The fraction of sp³-hybridized carbons (Fsp3) is 0.353. The molecule has 0 amide bonds. The van der Waals surface area contributed by atoms with E-state index in [1.165, 1.54) is 24.3 Å². The maximum atomic E-state index is 13.1. The van der Waals surface area contributed by atoms with Gasteiger partial charge in [0, 0.05) is 6.54 Å². The van der Waals surface area contributed by atoms with Gasteiger partial charge in [-0.15, -0.1) is 0 Å². The van der Waals surface area contributed by atoms with Gasteiger partial charge in [-0.1, -0.05) is 37.3 Å². The zero-order valence-corrected chi connectivity index (χ0v) is 13.7. The molecule has 0 aliphatic carbocycles. The Bertz CT molecular complexity index is 609. The van der Waals surface area contributed by atoms with E-state index in [4.69, 9.17) is 10.3 Å². The number of carbonyl (C=O) groups is 1. The summed E-state index contributed by atoms with van der Waals surface area (Å²) >= 11 is 0. The highest BCUT2D eigenvalue weighted by atomic mass is 19.1. The van der Waals surface area contributed by atoms with Crippen LogP contribution in [-0.4, -0.2) is 24.6 Å². The largest absolute Gasteiger partial charge is 0.465 e. The second-order valence-corrected chi connectivity index (χ2v) is 5.01. The Labute approximate surface area is 135 Å². The maximum absolute atomic E-state index is 13.1. The molecule has 1 aromatic rings. The third kappa shape index (κ3) is 4.74. The number of hydrogen-bond donors (Lipinski definition) is 1. The first-order valence-corrected chi connectivity index (χ1v) is 7.35. The molecule has 0 saturated heterocycles.